The zero-order chi connectivity index (χ0) is 24.9. The number of nitro groups is 1. The molecule has 1 aliphatic rings. The van der Waals surface area contributed by atoms with Gasteiger partial charge in [0.25, 0.3) is 5.69 Å². The van der Waals surface area contributed by atoms with Crippen molar-refractivity contribution in [2.24, 2.45) is 0 Å². The Labute approximate surface area is 201 Å². The predicted molar refractivity (Wildman–Crippen MR) is 125 cm³/mol. The molecule has 0 spiro atoms. The van der Waals surface area contributed by atoms with Gasteiger partial charge in [-0.1, -0.05) is 17.3 Å². The first-order valence-electron chi connectivity index (χ1n) is 11.2. The molecule has 0 unspecified atom stereocenters. The maximum atomic E-state index is 11.3. The zero-order valence-corrected chi connectivity index (χ0v) is 19.1. The van der Waals surface area contributed by atoms with Crippen LogP contribution >= 0.6 is 0 Å². The number of hydrogen-bond donors (Lipinski definition) is 1. The summed E-state index contributed by atoms with van der Waals surface area (Å²) in [4.78, 5) is 23.9. The summed E-state index contributed by atoms with van der Waals surface area (Å²) in [5.74, 6) is 0.471. The Kier molecular flexibility index (Phi) is 7.08. The van der Waals surface area contributed by atoms with Crippen LogP contribution in [0.15, 0.2) is 47.0 Å². The second kappa shape index (κ2) is 10.4. The number of rotatable bonds is 9. The monoisotopic (exact) mass is 476 g/mol. The van der Waals surface area contributed by atoms with Crippen LogP contribution in [0.25, 0.3) is 11.3 Å². The van der Waals surface area contributed by atoms with E-state index in [0.29, 0.717) is 48.8 Å². The van der Waals surface area contributed by atoms with E-state index in [-0.39, 0.29) is 16.8 Å². The van der Waals surface area contributed by atoms with Crippen LogP contribution in [0.1, 0.15) is 35.3 Å². The van der Waals surface area contributed by atoms with Gasteiger partial charge in [-0.2, -0.15) is 5.26 Å². The average Bonchev–Trinajstić information content (AvgIpc) is 3.49. The molecular formula is C25H24N4O6. The van der Waals surface area contributed by atoms with E-state index in [9.17, 15) is 25.3 Å². The van der Waals surface area contributed by atoms with Crippen LogP contribution in [0.3, 0.4) is 0 Å². The Morgan fingerprint density at radius 1 is 1.34 bits per heavy atom. The number of nitriles is 1. The lowest BCUT2D eigenvalue weighted by Gasteiger charge is -2.21. The minimum absolute atomic E-state index is 0.115. The van der Waals surface area contributed by atoms with Gasteiger partial charge in [0.15, 0.2) is 0 Å². The lowest BCUT2D eigenvalue weighted by molar-refractivity contribution is -0.385. The summed E-state index contributed by atoms with van der Waals surface area (Å²) < 4.78 is 11.2. The Morgan fingerprint density at radius 3 is 2.80 bits per heavy atom. The molecule has 1 atom stereocenters. The third-order valence-corrected chi connectivity index (χ3v) is 6.15. The first-order valence-corrected chi connectivity index (χ1v) is 11.2. The number of nitrogens with zero attached hydrogens (tertiary/aromatic N) is 4. The van der Waals surface area contributed by atoms with E-state index in [0.717, 1.165) is 18.5 Å². The van der Waals surface area contributed by atoms with Gasteiger partial charge in [0, 0.05) is 36.2 Å². The topological polar surface area (TPSA) is 143 Å². The number of hydrogen-bond acceptors (Lipinski definition) is 8. The highest BCUT2D eigenvalue weighted by atomic mass is 16.6. The fourth-order valence-corrected chi connectivity index (χ4v) is 4.30. The first-order chi connectivity index (χ1) is 16.9. The highest BCUT2D eigenvalue weighted by Gasteiger charge is 2.30. The third-order valence-electron chi connectivity index (χ3n) is 6.15. The maximum Gasteiger partial charge on any atom is 0.320 e. The van der Waals surface area contributed by atoms with E-state index in [1.807, 2.05) is 35.2 Å². The van der Waals surface area contributed by atoms with Gasteiger partial charge in [-0.05, 0) is 50.1 Å². The SMILES string of the molecule is Cc1c([N+](=O)[O-])ccc(-c2cc(CCOc3ccc(CN4CCC[C@@H]4C(=O)O)cc3)on2)c1C#N. The van der Waals surface area contributed by atoms with Gasteiger partial charge in [-0.25, -0.2) is 0 Å². The largest absolute Gasteiger partial charge is 0.493 e. The van der Waals surface area contributed by atoms with Gasteiger partial charge in [-0.15, -0.1) is 0 Å². The third kappa shape index (κ3) is 5.31. The molecule has 10 nitrogen and oxygen atoms in total. The van der Waals surface area contributed by atoms with E-state index in [4.69, 9.17) is 9.26 Å². The minimum atomic E-state index is -0.773. The molecule has 1 N–H and O–H groups in total. The van der Waals surface area contributed by atoms with E-state index >= 15 is 0 Å². The molecule has 0 radical (unpaired) electrons. The first kappa shape index (κ1) is 23.9. The number of aromatic nitrogens is 1. The van der Waals surface area contributed by atoms with Crippen molar-refractivity contribution in [3.63, 3.8) is 0 Å². The number of benzene rings is 2. The molecule has 0 bridgehead atoms. The normalized spacial score (nSPS) is 15.6. The molecule has 4 rings (SSSR count). The summed E-state index contributed by atoms with van der Waals surface area (Å²) in [6, 6.07) is 13.7. The summed E-state index contributed by atoms with van der Waals surface area (Å²) in [5, 5.41) is 34.0. The van der Waals surface area contributed by atoms with E-state index in [1.165, 1.54) is 19.1 Å². The standard InChI is InChI=1S/C25H24N4O6/c1-16-21(14-26)20(8-9-23(16)29(32)33)22-13-19(35-27-22)10-12-34-18-6-4-17(5-7-18)15-28-11-2-3-24(28)25(30)31/h4-9,13,24H,2-3,10-12,15H2,1H3,(H,30,31)/t24-/m1/s1. The van der Waals surface area contributed by atoms with Crippen molar-refractivity contribution in [3.05, 3.63) is 75.0 Å². The van der Waals surface area contributed by atoms with Crippen molar-refractivity contribution in [1.82, 2.24) is 10.1 Å². The Balaban J connectivity index is 1.34. The highest BCUT2D eigenvalue weighted by Crippen LogP contribution is 2.31. The van der Waals surface area contributed by atoms with E-state index < -0.39 is 16.9 Å². The molecule has 1 fully saturated rings. The maximum absolute atomic E-state index is 11.3. The summed E-state index contributed by atoms with van der Waals surface area (Å²) in [5.41, 5.74) is 2.30. The van der Waals surface area contributed by atoms with Crippen LogP contribution in [0.5, 0.6) is 5.75 Å². The van der Waals surface area contributed by atoms with Crippen LogP contribution < -0.4 is 4.74 Å². The summed E-state index contributed by atoms with van der Waals surface area (Å²) in [6.07, 6.45) is 2.02. The summed E-state index contributed by atoms with van der Waals surface area (Å²) >= 11 is 0. The summed E-state index contributed by atoms with van der Waals surface area (Å²) in [7, 11) is 0. The molecule has 0 amide bonds. The smallest absolute Gasteiger partial charge is 0.320 e. The van der Waals surface area contributed by atoms with Crippen molar-refractivity contribution in [3.8, 4) is 23.1 Å². The average molecular weight is 476 g/mol. The molecule has 2 aromatic carbocycles. The van der Waals surface area contributed by atoms with E-state index in [1.54, 1.807) is 6.07 Å². The number of carboxylic acids is 1. The Hall–Kier alpha value is -4.23. The number of likely N-dealkylation sites (tertiary alicyclic amines) is 1. The van der Waals surface area contributed by atoms with Crippen molar-refractivity contribution >= 4 is 11.7 Å². The Morgan fingerprint density at radius 2 is 2.11 bits per heavy atom. The predicted octanol–water partition coefficient (Wildman–Crippen LogP) is 4.10. The highest BCUT2D eigenvalue weighted by molar-refractivity contribution is 5.74. The van der Waals surface area contributed by atoms with Crippen molar-refractivity contribution in [2.45, 2.75) is 38.8 Å². The molecule has 1 saturated heterocycles. The number of carbonyl (C=O) groups is 1. The van der Waals surface area contributed by atoms with Gasteiger partial charge < -0.3 is 14.4 Å². The molecule has 35 heavy (non-hydrogen) atoms. The molecule has 180 valence electrons. The Bertz CT molecular complexity index is 1280. The van der Waals surface area contributed by atoms with Crippen LogP contribution in [-0.4, -0.2) is 45.2 Å². The van der Waals surface area contributed by atoms with Gasteiger partial charge in [0.05, 0.1) is 17.1 Å². The quantitative estimate of drug-likeness (QED) is 0.356. The molecule has 2 heterocycles. The van der Waals surface area contributed by atoms with Gasteiger partial charge in [-0.3, -0.25) is 19.8 Å². The second-order valence-corrected chi connectivity index (χ2v) is 8.39. The number of nitro benzene ring substituents is 1. The lowest BCUT2D eigenvalue weighted by atomic mass is 9.99. The zero-order valence-electron chi connectivity index (χ0n) is 19.1. The molecule has 1 aliphatic heterocycles. The number of ether oxygens (including phenoxy) is 1. The van der Waals surface area contributed by atoms with E-state index in [2.05, 4.69) is 5.16 Å². The molecule has 10 heteroatoms. The summed E-state index contributed by atoms with van der Waals surface area (Å²) in [6.45, 7) is 3.25. The molecule has 0 saturated carbocycles. The van der Waals surface area contributed by atoms with Crippen LogP contribution in [0.2, 0.25) is 0 Å². The van der Waals surface area contributed by atoms with Gasteiger partial charge >= 0.3 is 5.97 Å². The molecule has 0 aliphatic carbocycles. The molecule has 1 aromatic heterocycles. The van der Waals surface area contributed by atoms with Crippen molar-refractivity contribution < 1.29 is 24.1 Å². The van der Waals surface area contributed by atoms with Crippen molar-refractivity contribution in [1.29, 1.82) is 5.26 Å². The van der Waals surface area contributed by atoms with Gasteiger partial charge in [0.1, 0.15) is 29.3 Å². The fourth-order valence-electron chi connectivity index (χ4n) is 4.30. The van der Waals surface area contributed by atoms with Crippen molar-refractivity contribution in [2.75, 3.05) is 13.2 Å². The van der Waals surface area contributed by atoms with Crippen LogP contribution in [0.4, 0.5) is 5.69 Å². The minimum Gasteiger partial charge on any atom is -0.493 e. The van der Waals surface area contributed by atoms with Gasteiger partial charge in [0.2, 0.25) is 0 Å². The number of carboxylic acid groups (broad SMARTS) is 1. The van der Waals surface area contributed by atoms with Crippen LogP contribution in [0, 0.1) is 28.4 Å². The molecule has 3 aromatic rings. The van der Waals surface area contributed by atoms with Crippen LogP contribution in [-0.2, 0) is 17.8 Å². The lowest BCUT2D eigenvalue weighted by Crippen LogP contribution is -2.35. The fraction of sp³-hybridized carbons (Fsp3) is 0.320. The number of aliphatic carboxylic acids is 1. The molecular weight excluding hydrogens is 452 g/mol. The second-order valence-electron chi connectivity index (χ2n) is 8.39.